The van der Waals surface area contributed by atoms with Gasteiger partial charge in [0.15, 0.2) is 0 Å². The normalized spacial score (nSPS) is 11.8. The second-order valence-electron chi connectivity index (χ2n) is 3.83. The average Bonchev–Trinajstić information content (AvgIpc) is 2.34. The van der Waals surface area contributed by atoms with Gasteiger partial charge in [-0.3, -0.25) is 14.9 Å². The van der Waals surface area contributed by atoms with E-state index in [1.54, 1.807) is 6.92 Å². The van der Waals surface area contributed by atoms with E-state index in [4.69, 9.17) is 5.11 Å². The van der Waals surface area contributed by atoms with Crippen molar-refractivity contribution in [1.29, 1.82) is 0 Å². The van der Waals surface area contributed by atoms with Gasteiger partial charge in [0.05, 0.1) is 10.8 Å². The first-order chi connectivity index (χ1) is 8.50. The van der Waals surface area contributed by atoms with E-state index in [1.165, 1.54) is 0 Å². The van der Waals surface area contributed by atoms with Gasteiger partial charge in [-0.2, -0.15) is 0 Å². The number of hydrogen-bond acceptors (Lipinski definition) is 6. The third kappa shape index (κ3) is 4.32. The van der Waals surface area contributed by atoms with Crippen LogP contribution < -0.4 is 5.32 Å². The highest BCUT2D eigenvalue weighted by molar-refractivity contribution is 5.69. The Hall–Kier alpha value is -2.25. The monoisotopic (exact) mass is 254 g/mol. The molecule has 0 radical (unpaired) electrons. The predicted molar refractivity (Wildman–Crippen MR) is 63.2 cm³/mol. The van der Waals surface area contributed by atoms with Crippen molar-refractivity contribution in [3.8, 4) is 0 Å². The molecule has 0 aliphatic heterocycles. The number of anilines is 1. The van der Waals surface area contributed by atoms with E-state index in [9.17, 15) is 14.9 Å². The van der Waals surface area contributed by atoms with Gasteiger partial charge in [0, 0.05) is 6.54 Å². The number of nitrogens with one attached hydrogen (secondary N) is 1. The molecule has 1 heterocycles. The van der Waals surface area contributed by atoms with Gasteiger partial charge in [0.25, 0.3) is 0 Å². The molecular formula is C10H14N4O4. The Kier molecular flexibility index (Phi) is 4.97. The number of carboxylic acids is 1. The lowest BCUT2D eigenvalue weighted by molar-refractivity contribution is -0.385. The number of carbonyl (C=O) groups is 1. The highest BCUT2D eigenvalue weighted by atomic mass is 16.6. The second kappa shape index (κ2) is 6.48. The fourth-order valence-electron chi connectivity index (χ4n) is 1.24. The van der Waals surface area contributed by atoms with Crippen LogP contribution in [0.4, 0.5) is 11.6 Å². The molecule has 1 unspecified atom stereocenters. The van der Waals surface area contributed by atoms with Gasteiger partial charge in [-0.25, -0.2) is 9.97 Å². The lowest BCUT2D eigenvalue weighted by atomic mass is 10.1. The van der Waals surface area contributed by atoms with Crippen molar-refractivity contribution in [3.63, 3.8) is 0 Å². The zero-order valence-electron chi connectivity index (χ0n) is 9.87. The minimum Gasteiger partial charge on any atom is -0.481 e. The summed E-state index contributed by atoms with van der Waals surface area (Å²) >= 11 is 0. The van der Waals surface area contributed by atoms with Crippen LogP contribution in [0.1, 0.15) is 19.8 Å². The van der Waals surface area contributed by atoms with Crippen LogP contribution in [-0.4, -0.2) is 32.5 Å². The van der Waals surface area contributed by atoms with Gasteiger partial charge in [0.2, 0.25) is 5.95 Å². The van der Waals surface area contributed by atoms with Crippen LogP contribution in [0.25, 0.3) is 0 Å². The number of rotatable bonds is 7. The smallest absolute Gasteiger partial charge is 0.306 e. The quantitative estimate of drug-likeness (QED) is 0.427. The third-order valence-corrected chi connectivity index (χ3v) is 2.37. The molecule has 2 N–H and O–H groups in total. The van der Waals surface area contributed by atoms with Crippen molar-refractivity contribution < 1.29 is 14.8 Å². The maximum absolute atomic E-state index is 10.6. The molecular weight excluding hydrogens is 240 g/mol. The van der Waals surface area contributed by atoms with E-state index in [0.717, 1.165) is 12.4 Å². The van der Waals surface area contributed by atoms with Crippen molar-refractivity contribution in [3.05, 3.63) is 22.5 Å². The van der Waals surface area contributed by atoms with Crippen molar-refractivity contribution in [2.75, 3.05) is 11.9 Å². The first-order valence-corrected chi connectivity index (χ1v) is 5.44. The molecule has 8 heteroatoms. The van der Waals surface area contributed by atoms with Crippen molar-refractivity contribution in [1.82, 2.24) is 9.97 Å². The summed E-state index contributed by atoms with van der Waals surface area (Å²) in [6.45, 7) is 2.17. The Bertz CT molecular complexity index is 420. The number of nitrogens with zero attached hydrogens (tertiary/aromatic N) is 3. The van der Waals surface area contributed by atoms with Crippen LogP contribution in [0.2, 0.25) is 0 Å². The minimum absolute atomic E-state index is 0.167. The zero-order chi connectivity index (χ0) is 13.5. The Balaban J connectivity index is 2.31. The third-order valence-electron chi connectivity index (χ3n) is 2.37. The molecule has 0 aliphatic rings. The first-order valence-electron chi connectivity index (χ1n) is 5.44. The molecule has 0 saturated heterocycles. The van der Waals surface area contributed by atoms with E-state index in [1.807, 2.05) is 0 Å². The van der Waals surface area contributed by atoms with E-state index in [2.05, 4.69) is 15.3 Å². The average molecular weight is 254 g/mol. The van der Waals surface area contributed by atoms with Crippen LogP contribution in [0.3, 0.4) is 0 Å². The number of nitro groups is 1. The lowest BCUT2D eigenvalue weighted by Crippen LogP contribution is -2.12. The molecule has 8 nitrogen and oxygen atoms in total. The summed E-state index contributed by atoms with van der Waals surface area (Å²) < 4.78 is 0. The van der Waals surface area contributed by atoms with Gasteiger partial charge < -0.3 is 10.4 Å². The van der Waals surface area contributed by atoms with E-state index in [0.29, 0.717) is 25.3 Å². The highest BCUT2D eigenvalue weighted by Gasteiger charge is 2.10. The summed E-state index contributed by atoms with van der Waals surface area (Å²) in [6.07, 6.45) is 3.45. The van der Waals surface area contributed by atoms with Crippen LogP contribution >= 0.6 is 0 Å². The summed E-state index contributed by atoms with van der Waals surface area (Å²) in [6, 6.07) is 0. The Labute approximate surface area is 103 Å². The molecule has 0 amide bonds. The first kappa shape index (κ1) is 13.8. The molecule has 1 aromatic heterocycles. The molecule has 0 fully saturated rings. The lowest BCUT2D eigenvalue weighted by Gasteiger charge is -2.06. The topological polar surface area (TPSA) is 118 Å². The van der Waals surface area contributed by atoms with Crippen molar-refractivity contribution >= 4 is 17.6 Å². The largest absolute Gasteiger partial charge is 0.481 e. The second-order valence-corrected chi connectivity index (χ2v) is 3.83. The van der Waals surface area contributed by atoms with Crippen LogP contribution in [0.15, 0.2) is 12.4 Å². The van der Waals surface area contributed by atoms with E-state index in [-0.39, 0.29) is 11.6 Å². The molecule has 0 spiro atoms. The van der Waals surface area contributed by atoms with Gasteiger partial charge in [-0.05, 0) is 12.8 Å². The van der Waals surface area contributed by atoms with Crippen LogP contribution in [-0.2, 0) is 4.79 Å². The molecule has 1 rings (SSSR count). The van der Waals surface area contributed by atoms with E-state index >= 15 is 0 Å². The fourth-order valence-corrected chi connectivity index (χ4v) is 1.24. The van der Waals surface area contributed by atoms with E-state index < -0.39 is 10.9 Å². The predicted octanol–water partition coefficient (Wildman–Crippen LogP) is 1.30. The van der Waals surface area contributed by atoms with Gasteiger partial charge in [-0.15, -0.1) is 0 Å². The van der Waals surface area contributed by atoms with Gasteiger partial charge in [0.1, 0.15) is 12.4 Å². The van der Waals surface area contributed by atoms with Crippen molar-refractivity contribution in [2.45, 2.75) is 19.8 Å². The molecule has 1 aromatic rings. The summed E-state index contributed by atoms with van der Waals surface area (Å²) in [5, 5.41) is 21.9. The molecule has 0 bridgehead atoms. The highest BCUT2D eigenvalue weighted by Crippen LogP contribution is 2.09. The Morgan fingerprint density at radius 2 is 2.17 bits per heavy atom. The maximum Gasteiger partial charge on any atom is 0.306 e. The zero-order valence-corrected chi connectivity index (χ0v) is 9.87. The fraction of sp³-hybridized carbons (Fsp3) is 0.500. The number of carboxylic acid groups (broad SMARTS) is 1. The maximum atomic E-state index is 10.6. The number of aromatic nitrogens is 2. The molecule has 18 heavy (non-hydrogen) atoms. The molecule has 1 atom stereocenters. The number of aliphatic carboxylic acids is 1. The molecule has 0 saturated carbocycles. The summed E-state index contributed by atoms with van der Waals surface area (Å²) in [5.41, 5.74) is -0.167. The van der Waals surface area contributed by atoms with Crippen molar-refractivity contribution in [2.24, 2.45) is 5.92 Å². The summed E-state index contributed by atoms with van der Waals surface area (Å²) in [5.74, 6) is -0.908. The van der Waals surface area contributed by atoms with Gasteiger partial charge in [-0.1, -0.05) is 6.92 Å². The standard InChI is InChI=1S/C10H14N4O4/c1-7(9(15)16)3-2-4-11-10-12-5-8(6-13-10)14(17)18/h5-7H,2-4H2,1H3,(H,15,16)(H,11,12,13). The molecule has 98 valence electrons. The Morgan fingerprint density at radius 1 is 1.56 bits per heavy atom. The SMILES string of the molecule is CC(CCCNc1ncc([N+](=O)[O-])cn1)C(=O)O. The van der Waals surface area contributed by atoms with Crippen LogP contribution in [0.5, 0.6) is 0 Å². The summed E-state index contributed by atoms with van der Waals surface area (Å²) in [4.78, 5) is 27.9. The molecule has 0 aromatic carbocycles. The minimum atomic E-state index is -0.818. The molecule has 0 aliphatic carbocycles. The number of hydrogen-bond donors (Lipinski definition) is 2. The summed E-state index contributed by atoms with van der Waals surface area (Å²) in [7, 11) is 0. The van der Waals surface area contributed by atoms with Gasteiger partial charge >= 0.3 is 11.7 Å². The Morgan fingerprint density at radius 3 is 2.67 bits per heavy atom. The van der Waals surface area contributed by atoms with Crippen LogP contribution in [0, 0.1) is 16.0 Å².